The summed E-state index contributed by atoms with van der Waals surface area (Å²) in [5.74, 6) is -0.903. The molecule has 28 heavy (non-hydrogen) atoms. The molecule has 0 saturated carbocycles. The molecular weight excluding hydrogens is 382 g/mol. The van der Waals surface area contributed by atoms with Gasteiger partial charge in [-0.3, -0.25) is 14.5 Å². The predicted molar refractivity (Wildman–Crippen MR) is 105 cm³/mol. The smallest absolute Gasteiger partial charge is 0.331 e. The predicted octanol–water partition coefficient (Wildman–Crippen LogP) is 1.69. The SMILES string of the molecule is CC(C)N(C(=O)[C@@H](C)OC(=O)[C@H](C)N=C1NS(=O)(=O)c2ccccc21)C(C)C. The number of hydrogen-bond donors (Lipinski definition) is 1. The number of nitrogens with one attached hydrogen (secondary N) is 1. The van der Waals surface area contributed by atoms with Gasteiger partial charge in [-0.1, -0.05) is 12.1 Å². The summed E-state index contributed by atoms with van der Waals surface area (Å²) in [7, 11) is -3.69. The van der Waals surface area contributed by atoms with Crippen molar-refractivity contribution in [1.82, 2.24) is 9.62 Å². The number of benzene rings is 1. The topological polar surface area (TPSA) is 105 Å². The Balaban J connectivity index is 2.14. The van der Waals surface area contributed by atoms with Crippen molar-refractivity contribution in [3.63, 3.8) is 0 Å². The second-order valence-corrected chi connectivity index (χ2v) is 8.92. The number of aliphatic imine (C=N–C) groups is 1. The summed E-state index contributed by atoms with van der Waals surface area (Å²) in [6.45, 7) is 10.6. The highest BCUT2D eigenvalue weighted by Gasteiger charge is 2.32. The highest BCUT2D eigenvalue weighted by Crippen LogP contribution is 2.22. The maximum absolute atomic E-state index is 12.6. The summed E-state index contributed by atoms with van der Waals surface area (Å²) in [4.78, 5) is 30.9. The average Bonchev–Trinajstić information content (AvgIpc) is 2.85. The lowest BCUT2D eigenvalue weighted by Gasteiger charge is -2.32. The second kappa shape index (κ2) is 8.30. The van der Waals surface area contributed by atoms with Gasteiger partial charge in [0, 0.05) is 17.6 Å². The number of amidine groups is 1. The number of rotatable bonds is 6. The molecule has 1 heterocycles. The average molecular weight is 410 g/mol. The van der Waals surface area contributed by atoms with Crippen LogP contribution < -0.4 is 4.72 Å². The minimum absolute atomic E-state index is 0.0317. The Morgan fingerprint density at radius 3 is 2.18 bits per heavy atom. The van der Waals surface area contributed by atoms with Crippen LogP contribution in [0, 0.1) is 0 Å². The molecule has 0 aliphatic carbocycles. The summed E-state index contributed by atoms with van der Waals surface area (Å²) in [6, 6.07) is 5.33. The molecule has 0 bridgehead atoms. The van der Waals surface area contributed by atoms with Crippen molar-refractivity contribution < 1.29 is 22.7 Å². The molecular formula is C19H27N3O5S. The third kappa shape index (κ3) is 4.52. The van der Waals surface area contributed by atoms with E-state index in [1.54, 1.807) is 23.1 Å². The second-order valence-electron chi connectivity index (χ2n) is 7.27. The number of sulfonamides is 1. The maximum atomic E-state index is 12.6. The van der Waals surface area contributed by atoms with Gasteiger partial charge in [-0.15, -0.1) is 0 Å². The van der Waals surface area contributed by atoms with Crippen molar-refractivity contribution in [2.75, 3.05) is 0 Å². The molecule has 0 aromatic heterocycles. The van der Waals surface area contributed by atoms with Crippen LogP contribution in [0.15, 0.2) is 34.2 Å². The molecule has 0 unspecified atom stereocenters. The van der Waals surface area contributed by atoms with Crippen LogP contribution in [0.3, 0.4) is 0 Å². The lowest BCUT2D eigenvalue weighted by Crippen LogP contribution is -2.48. The van der Waals surface area contributed by atoms with Gasteiger partial charge >= 0.3 is 5.97 Å². The number of nitrogens with zero attached hydrogens (tertiary/aromatic N) is 2. The highest BCUT2D eigenvalue weighted by atomic mass is 32.2. The van der Waals surface area contributed by atoms with Crippen LogP contribution in [-0.2, 0) is 24.3 Å². The van der Waals surface area contributed by atoms with Crippen LogP contribution in [0.2, 0.25) is 0 Å². The Morgan fingerprint density at radius 2 is 1.61 bits per heavy atom. The first kappa shape index (κ1) is 21.9. The molecule has 1 aromatic rings. The number of fused-ring (bicyclic) bond motifs is 1. The van der Waals surface area contributed by atoms with E-state index in [1.165, 1.54) is 19.9 Å². The Labute approximate surface area is 166 Å². The van der Waals surface area contributed by atoms with Crippen molar-refractivity contribution in [2.24, 2.45) is 4.99 Å². The van der Waals surface area contributed by atoms with E-state index >= 15 is 0 Å². The minimum Gasteiger partial charge on any atom is -0.451 e. The van der Waals surface area contributed by atoms with E-state index in [9.17, 15) is 18.0 Å². The van der Waals surface area contributed by atoms with Gasteiger partial charge in [0.15, 0.2) is 6.10 Å². The highest BCUT2D eigenvalue weighted by molar-refractivity contribution is 7.90. The van der Waals surface area contributed by atoms with Crippen molar-refractivity contribution in [1.29, 1.82) is 0 Å². The fraction of sp³-hybridized carbons (Fsp3) is 0.526. The molecule has 0 fully saturated rings. The summed E-state index contributed by atoms with van der Waals surface area (Å²) < 4.78 is 31.9. The molecule has 2 atom stereocenters. The first-order chi connectivity index (χ1) is 13.0. The number of esters is 1. The van der Waals surface area contributed by atoms with Crippen LogP contribution in [0.1, 0.15) is 47.1 Å². The van der Waals surface area contributed by atoms with E-state index in [1.807, 2.05) is 27.7 Å². The molecule has 1 N–H and O–H groups in total. The Morgan fingerprint density at radius 1 is 1.04 bits per heavy atom. The van der Waals surface area contributed by atoms with Gasteiger partial charge in [-0.25, -0.2) is 13.2 Å². The summed E-state index contributed by atoms with van der Waals surface area (Å²) in [5.41, 5.74) is 0.400. The van der Waals surface area contributed by atoms with E-state index in [4.69, 9.17) is 4.74 Å². The molecule has 1 aliphatic rings. The van der Waals surface area contributed by atoms with Crippen molar-refractivity contribution >= 4 is 27.7 Å². The van der Waals surface area contributed by atoms with Crippen molar-refractivity contribution in [3.05, 3.63) is 29.8 Å². The fourth-order valence-corrected chi connectivity index (χ4v) is 4.35. The third-order valence-electron chi connectivity index (χ3n) is 4.33. The number of carbonyl (C=O) groups excluding carboxylic acids is 2. The van der Waals surface area contributed by atoms with Gasteiger partial charge in [0.1, 0.15) is 11.9 Å². The summed E-state index contributed by atoms with van der Waals surface area (Å²) in [6.07, 6.45) is -0.965. The first-order valence-electron chi connectivity index (χ1n) is 9.18. The van der Waals surface area contributed by atoms with Crippen LogP contribution in [0.4, 0.5) is 0 Å². The van der Waals surface area contributed by atoms with Crippen LogP contribution in [-0.4, -0.2) is 55.3 Å². The molecule has 1 amide bonds. The van der Waals surface area contributed by atoms with Gasteiger partial charge in [0.25, 0.3) is 15.9 Å². The Hall–Kier alpha value is -2.42. The third-order valence-corrected chi connectivity index (χ3v) is 5.73. The first-order valence-corrected chi connectivity index (χ1v) is 10.7. The van der Waals surface area contributed by atoms with E-state index < -0.39 is 28.1 Å². The molecule has 154 valence electrons. The van der Waals surface area contributed by atoms with Crippen LogP contribution in [0.5, 0.6) is 0 Å². The van der Waals surface area contributed by atoms with Crippen LogP contribution >= 0.6 is 0 Å². The molecule has 1 aliphatic heterocycles. The molecule has 9 heteroatoms. The van der Waals surface area contributed by atoms with E-state index in [0.717, 1.165) is 0 Å². The van der Waals surface area contributed by atoms with Crippen molar-refractivity contribution in [3.8, 4) is 0 Å². The maximum Gasteiger partial charge on any atom is 0.331 e. The molecule has 0 spiro atoms. The van der Waals surface area contributed by atoms with E-state index in [-0.39, 0.29) is 28.7 Å². The van der Waals surface area contributed by atoms with E-state index in [2.05, 4.69) is 9.71 Å². The lowest BCUT2D eigenvalue weighted by molar-refractivity contribution is -0.161. The van der Waals surface area contributed by atoms with Crippen molar-refractivity contribution in [2.45, 2.75) is 70.7 Å². The summed E-state index contributed by atoms with van der Waals surface area (Å²) in [5, 5.41) is 0. The zero-order valence-electron chi connectivity index (χ0n) is 17.0. The van der Waals surface area contributed by atoms with Gasteiger partial charge in [0.2, 0.25) is 0 Å². The molecule has 1 aromatic carbocycles. The number of ether oxygens (including phenoxy) is 1. The number of hydrogen-bond acceptors (Lipinski definition) is 6. The van der Waals surface area contributed by atoms with Gasteiger partial charge in [-0.2, -0.15) is 0 Å². The monoisotopic (exact) mass is 409 g/mol. The standard InChI is InChI=1S/C19H27N3O5S/c1-11(2)22(12(3)4)18(23)14(6)27-19(24)13(5)20-17-15-9-7-8-10-16(15)28(25,26)21-17/h7-14H,1-6H3,(H,20,21)/t13-,14+/m0/s1. The molecule has 8 nitrogen and oxygen atoms in total. The minimum atomic E-state index is -3.69. The fourth-order valence-electron chi connectivity index (χ4n) is 3.11. The quantitative estimate of drug-likeness (QED) is 0.720. The van der Waals surface area contributed by atoms with E-state index in [0.29, 0.717) is 5.56 Å². The zero-order chi connectivity index (χ0) is 21.2. The Bertz CT molecular complexity index is 885. The van der Waals surface area contributed by atoms with Gasteiger partial charge in [0.05, 0.1) is 4.90 Å². The largest absolute Gasteiger partial charge is 0.451 e. The normalized spacial score (nSPS) is 18.5. The lowest BCUT2D eigenvalue weighted by atomic mass is 10.2. The van der Waals surface area contributed by atoms with Gasteiger partial charge < -0.3 is 9.64 Å². The molecule has 2 rings (SSSR count). The van der Waals surface area contributed by atoms with Crippen LogP contribution in [0.25, 0.3) is 0 Å². The Kier molecular flexibility index (Phi) is 6.48. The number of carbonyl (C=O) groups is 2. The molecule has 0 saturated heterocycles. The summed E-state index contributed by atoms with van der Waals surface area (Å²) >= 11 is 0. The zero-order valence-corrected chi connectivity index (χ0v) is 17.8. The van der Waals surface area contributed by atoms with Gasteiger partial charge in [-0.05, 0) is 53.7 Å². The molecule has 0 radical (unpaired) electrons. The number of amides is 1.